The predicted molar refractivity (Wildman–Crippen MR) is 146 cm³/mol. The fraction of sp³-hybridized carbons (Fsp3) is 0.207. The number of methoxy groups -OCH3 is 1. The minimum atomic E-state index is -0.455. The van der Waals surface area contributed by atoms with Gasteiger partial charge in [0.1, 0.15) is 17.4 Å². The summed E-state index contributed by atoms with van der Waals surface area (Å²) < 4.78 is 12.4. The minimum Gasteiger partial charge on any atom is -0.497 e. The molecule has 10 nitrogen and oxygen atoms in total. The second-order valence-electron chi connectivity index (χ2n) is 9.69. The Labute approximate surface area is 222 Å². The molecule has 0 spiro atoms. The van der Waals surface area contributed by atoms with E-state index in [-0.39, 0.29) is 23.6 Å². The van der Waals surface area contributed by atoms with Gasteiger partial charge in [0.05, 0.1) is 42.8 Å². The van der Waals surface area contributed by atoms with E-state index in [1.807, 2.05) is 43.3 Å². The molecule has 2 aromatic carbocycles. The summed E-state index contributed by atoms with van der Waals surface area (Å²) in [5.41, 5.74) is 10.6. The van der Waals surface area contributed by atoms with Crippen molar-refractivity contribution in [3.63, 3.8) is 0 Å². The van der Waals surface area contributed by atoms with E-state index in [4.69, 9.17) is 20.1 Å². The zero-order valence-corrected chi connectivity index (χ0v) is 21.3. The van der Waals surface area contributed by atoms with Crippen LogP contribution in [0.25, 0.3) is 33.1 Å². The molecular formula is C29H24N6O4. The van der Waals surface area contributed by atoms with Gasteiger partial charge in [-0.05, 0) is 66.3 Å². The molecule has 1 amide bonds. The molecule has 1 unspecified atom stereocenters. The fourth-order valence-corrected chi connectivity index (χ4v) is 4.78. The average molecular weight is 521 g/mol. The highest BCUT2D eigenvalue weighted by atomic mass is 16.5. The van der Waals surface area contributed by atoms with Crippen molar-refractivity contribution in [3.05, 3.63) is 76.4 Å². The molecule has 0 bridgehead atoms. The molecule has 0 saturated heterocycles. The maximum Gasteiger partial charge on any atom is 0.420 e. The van der Waals surface area contributed by atoms with Crippen molar-refractivity contribution in [2.24, 2.45) is 11.8 Å². The molecule has 0 radical (unpaired) electrons. The van der Waals surface area contributed by atoms with E-state index in [1.165, 1.54) is 0 Å². The first kappa shape index (κ1) is 24.2. The van der Waals surface area contributed by atoms with E-state index < -0.39 is 5.76 Å². The number of aryl methyl sites for hydroxylation is 1. The Balaban J connectivity index is 1.34. The number of ether oxygens (including phenoxy) is 1. The summed E-state index contributed by atoms with van der Waals surface area (Å²) in [5, 5.41) is 13.2. The van der Waals surface area contributed by atoms with Gasteiger partial charge in [-0.2, -0.15) is 5.26 Å². The minimum absolute atomic E-state index is 0.217. The second-order valence-corrected chi connectivity index (χ2v) is 9.69. The number of hydrogen-bond donors (Lipinski definition) is 2. The molecule has 1 aliphatic rings. The summed E-state index contributed by atoms with van der Waals surface area (Å²) in [7, 11) is 1.61. The Bertz CT molecular complexity index is 1870. The van der Waals surface area contributed by atoms with Gasteiger partial charge in [0.2, 0.25) is 5.91 Å². The van der Waals surface area contributed by atoms with Crippen molar-refractivity contribution < 1.29 is 13.9 Å². The van der Waals surface area contributed by atoms with Crippen LogP contribution in [0.4, 0.5) is 11.6 Å². The van der Waals surface area contributed by atoms with Crippen LogP contribution in [0, 0.1) is 30.1 Å². The molecule has 3 aromatic heterocycles. The summed E-state index contributed by atoms with van der Waals surface area (Å²) in [6.07, 6.45) is 2.14. The number of fused-ring (bicyclic) bond motifs is 2. The van der Waals surface area contributed by atoms with Gasteiger partial charge in [-0.3, -0.25) is 9.36 Å². The van der Waals surface area contributed by atoms with Gasteiger partial charge in [-0.25, -0.2) is 14.8 Å². The number of nitrogens with two attached hydrogens (primary N) is 1. The van der Waals surface area contributed by atoms with Crippen LogP contribution >= 0.6 is 0 Å². The summed E-state index contributed by atoms with van der Waals surface area (Å²) in [4.78, 5) is 34.0. The number of amides is 1. The number of nitrogen functional groups attached to an aromatic ring is 1. The number of anilines is 2. The maximum atomic E-state index is 12.7. The van der Waals surface area contributed by atoms with Crippen molar-refractivity contribution in [1.29, 1.82) is 5.26 Å². The first-order valence-corrected chi connectivity index (χ1v) is 12.4. The molecule has 3 heterocycles. The number of rotatable bonds is 6. The topological polar surface area (TPSA) is 149 Å². The normalized spacial score (nSPS) is 16.2. The molecule has 6 rings (SSSR count). The number of aromatic nitrogens is 3. The number of nitrogens with zero attached hydrogens (tertiary/aromatic N) is 4. The predicted octanol–water partition coefficient (Wildman–Crippen LogP) is 4.25. The van der Waals surface area contributed by atoms with Crippen molar-refractivity contribution in [3.8, 4) is 23.1 Å². The van der Waals surface area contributed by atoms with Crippen LogP contribution in [-0.4, -0.2) is 27.6 Å². The summed E-state index contributed by atoms with van der Waals surface area (Å²) in [6, 6.07) is 16.9. The maximum absolute atomic E-state index is 12.7. The van der Waals surface area contributed by atoms with E-state index in [9.17, 15) is 9.59 Å². The van der Waals surface area contributed by atoms with Crippen LogP contribution in [-0.2, 0) is 11.3 Å². The molecular weight excluding hydrogens is 496 g/mol. The zero-order valence-electron chi connectivity index (χ0n) is 21.3. The van der Waals surface area contributed by atoms with E-state index >= 15 is 0 Å². The highest BCUT2D eigenvalue weighted by molar-refractivity contribution is 5.99. The van der Waals surface area contributed by atoms with Crippen LogP contribution in [0.2, 0.25) is 0 Å². The Kier molecular flexibility index (Phi) is 5.76. The van der Waals surface area contributed by atoms with Crippen LogP contribution < -0.4 is 21.5 Å². The first-order chi connectivity index (χ1) is 18.8. The van der Waals surface area contributed by atoms with Gasteiger partial charge in [-0.1, -0.05) is 12.1 Å². The molecule has 3 N–H and O–H groups in total. The SMILES string of the molecule is COc1ccc(Cn2c(=O)oc3cc(-c4cc5cc(NC(=O)C6C[C@H]6C#N)ncc5c(N)n4)c(C)cc32)cc1. The van der Waals surface area contributed by atoms with Gasteiger partial charge < -0.3 is 20.2 Å². The number of pyridine rings is 2. The van der Waals surface area contributed by atoms with E-state index in [1.54, 1.807) is 30.0 Å². The molecule has 5 aromatic rings. The van der Waals surface area contributed by atoms with Gasteiger partial charge in [0, 0.05) is 17.1 Å². The molecule has 1 fully saturated rings. The largest absolute Gasteiger partial charge is 0.497 e. The number of carbonyl (C=O) groups is 1. The summed E-state index contributed by atoms with van der Waals surface area (Å²) in [6.45, 7) is 2.29. The molecule has 194 valence electrons. The van der Waals surface area contributed by atoms with Crippen molar-refractivity contribution in [2.45, 2.75) is 19.9 Å². The zero-order chi connectivity index (χ0) is 27.3. The molecule has 1 aliphatic carbocycles. The van der Waals surface area contributed by atoms with E-state index in [0.717, 1.165) is 27.8 Å². The molecule has 2 atom stereocenters. The third-order valence-corrected chi connectivity index (χ3v) is 7.08. The van der Waals surface area contributed by atoms with Crippen LogP contribution in [0.3, 0.4) is 0 Å². The molecule has 39 heavy (non-hydrogen) atoms. The lowest BCUT2D eigenvalue weighted by molar-refractivity contribution is -0.117. The van der Waals surface area contributed by atoms with Crippen molar-refractivity contribution in [1.82, 2.24) is 14.5 Å². The summed E-state index contributed by atoms with van der Waals surface area (Å²) >= 11 is 0. The quantitative estimate of drug-likeness (QED) is 0.337. The standard InChI is InChI=1S/C29H24N6O4/c1-15-7-24-25(39-29(37)35(24)14-16-3-5-19(38-2)6-4-16)11-20(15)23-9-17-10-26(32-13-22(17)27(31)33-23)34-28(36)21-8-18(21)12-30/h3-7,9-11,13,18,21H,8,14H2,1-2H3,(H2,31,33)(H,32,34,36)/t18-,21?/m0/s1. The highest BCUT2D eigenvalue weighted by Gasteiger charge is 2.43. The Morgan fingerprint density at radius 2 is 2.05 bits per heavy atom. The molecule has 0 aliphatic heterocycles. The Hall–Kier alpha value is -5.17. The van der Waals surface area contributed by atoms with Gasteiger partial charge in [0.25, 0.3) is 0 Å². The Morgan fingerprint density at radius 3 is 2.77 bits per heavy atom. The number of hydrogen-bond acceptors (Lipinski definition) is 8. The lowest BCUT2D eigenvalue weighted by Crippen LogP contribution is -2.15. The van der Waals surface area contributed by atoms with E-state index in [0.29, 0.717) is 41.0 Å². The summed E-state index contributed by atoms with van der Waals surface area (Å²) in [5.74, 6) is 0.202. The monoisotopic (exact) mass is 520 g/mol. The van der Waals surface area contributed by atoms with Crippen molar-refractivity contribution in [2.75, 3.05) is 18.2 Å². The number of oxazole rings is 1. The van der Waals surface area contributed by atoms with Crippen LogP contribution in [0.5, 0.6) is 5.75 Å². The fourth-order valence-electron chi connectivity index (χ4n) is 4.78. The lowest BCUT2D eigenvalue weighted by atomic mass is 10.0. The number of carbonyl (C=O) groups excluding carboxylic acids is 1. The lowest BCUT2D eigenvalue weighted by Gasteiger charge is -2.11. The van der Waals surface area contributed by atoms with Gasteiger partial charge >= 0.3 is 5.76 Å². The number of nitriles is 1. The average Bonchev–Trinajstić information content (AvgIpc) is 3.67. The number of nitrogens with one attached hydrogen (secondary N) is 1. The third kappa shape index (κ3) is 4.44. The third-order valence-electron chi connectivity index (χ3n) is 7.08. The molecule has 1 saturated carbocycles. The van der Waals surface area contributed by atoms with Gasteiger partial charge in [0.15, 0.2) is 5.58 Å². The van der Waals surface area contributed by atoms with Gasteiger partial charge in [-0.15, -0.1) is 0 Å². The highest BCUT2D eigenvalue weighted by Crippen LogP contribution is 2.38. The van der Waals surface area contributed by atoms with Crippen molar-refractivity contribution >= 4 is 39.4 Å². The molecule has 10 heteroatoms. The van der Waals surface area contributed by atoms with Crippen LogP contribution in [0.15, 0.2) is 63.9 Å². The Morgan fingerprint density at radius 1 is 1.26 bits per heavy atom. The number of benzene rings is 2. The second kappa shape index (κ2) is 9.29. The van der Waals surface area contributed by atoms with E-state index in [2.05, 4.69) is 21.4 Å². The smallest absolute Gasteiger partial charge is 0.420 e. The first-order valence-electron chi connectivity index (χ1n) is 12.4. The van der Waals surface area contributed by atoms with Crippen LogP contribution in [0.1, 0.15) is 17.5 Å².